The Balaban J connectivity index is 2.34. The molecular weight excluding hydrogens is 347 g/mol. The number of anilines is 1. The van der Waals surface area contributed by atoms with Gasteiger partial charge in [0.2, 0.25) is 0 Å². The molecule has 0 aliphatic heterocycles. The van der Waals surface area contributed by atoms with E-state index in [1.165, 1.54) is 22.8 Å². The zero-order valence-corrected chi connectivity index (χ0v) is 14.3. The topological polar surface area (TPSA) is 110 Å². The Morgan fingerprint density at radius 3 is 2.76 bits per heavy atom. The average molecular weight is 364 g/mol. The molecule has 1 heterocycles. The fourth-order valence-electron chi connectivity index (χ4n) is 2.21. The highest BCUT2D eigenvalue weighted by Crippen LogP contribution is 2.08. The lowest BCUT2D eigenvalue weighted by Crippen LogP contribution is -2.40. The summed E-state index contributed by atoms with van der Waals surface area (Å²) in [5.74, 6) is -1.38. The fourth-order valence-corrected chi connectivity index (χ4v) is 2.50. The number of aromatic nitrogens is 2. The van der Waals surface area contributed by atoms with E-state index < -0.39 is 23.0 Å². The minimum Gasteiger partial charge on any atom is -0.384 e. The number of rotatable bonds is 5. The molecule has 1 aromatic carbocycles. The summed E-state index contributed by atoms with van der Waals surface area (Å²) in [6.07, 6.45) is 1.50. The molecule has 1 aromatic heterocycles. The number of unbranched alkanes of at least 4 members (excludes halogenated alkanes) is 1. The van der Waals surface area contributed by atoms with Gasteiger partial charge in [-0.3, -0.25) is 19.1 Å². The van der Waals surface area contributed by atoms with E-state index in [0.717, 1.165) is 12.5 Å². The summed E-state index contributed by atoms with van der Waals surface area (Å²) in [6, 6.07) is 5.01. The quantitative estimate of drug-likeness (QED) is 0.690. The number of carbonyl (C=O) groups is 1. The van der Waals surface area contributed by atoms with E-state index in [-0.39, 0.29) is 21.9 Å². The third-order valence-corrected chi connectivity index (χ3v) is 3.82. The van der Waals surface area contributed by atoms with Crippen molar-refractivity contribution in [2.75, 3.05) is 5.73 Å². The number of nitrogens with one attached hydrogen (secondary N) is 2. The van der Waals surface area contributed by atoms with Gasteiger partial charge >= 0.3 is 5.69 Å². The summed E-state index contributed by atoms with van der Waals surface area (Å²) < 4.78 is 14.4. The Morgan fingerprint density at radius 1 is 1.40 bits per heavy atom. The van der Waals surface area contributed by atoms with Crippen molar-refractivity contribution in [3.63, 3.8) is 0 Å². The van der Waals surface area contributed by atoms with Gasteiger partial charge in [0.25, 0.3) is 11.5 Å². The molecule has 0 unspecified atom stereocenters. The van der Waals surface area contributed by atoms with Gasteiger partial charge in [0.15, 0.2) is 0 Å². The number of nitrogen functional groups attached to an aromatic ring is 1. The average Bonchev–Trinajstić information content (AvgIpc) is 2.54. The van der Waals surface area contributed by atoms with Crippen molar-refractivity contribution in [1.29, 1.82) is 0 Å². The van der Waals surface area contributed by atoms with Gasteiger partial charge in [-0.15, -0.1) is 0 Å². The van der Waals surface area contributed by atoms with Crippen molar-refractivity contribution < 1.29 is 9.18 Å². The monoisotopic (exact) mass is 364 g/mol. The standard InChI is InChI=1S/C16H17FN4O3S/c1-2-3-7-21-12(18)11(14(23)20-16(21)24)15(25)19-13(22)9-5-4-6-10(17)8-9/h4-6,8H,2-3,7,18H2,1H3,(H,19,22,25)(H,20,23,24). The lowest BCUT2D eigenvalue weighted by Gasteiger charge is -2.13. The van der Waals surface area contributed by atoms with Crippen LogP contribution >= 0.6 is 12.2 Å². The molecule has 7 nitrogen and oxygen atoms in total. The van der Waals surface area contributed by atoms with Gasteiger partial charge in [0, 0.05) is 12.1 Å². The summed E-state index contributed by atoms with van der Waals surface area (Å²) >= 11 is 5.08. The van der Waals surface area contributed by atoms with Crippen molar-refractivity contribution in [3.8, 4) is 0 Å². The van der Waals surface area contributed by atoms with Crippen LogP contribution in [0.3, 0.4) is 0 Å². The van der Waals surface area contributed by atoms with E-state index in [9.17, 15) is 18.8 Å². The number of H-pyrrole nitrogens is 1. The van der Waals surface area contributed by atoms with Crippen molar-refractivity contribution in [2.24, 2.45) is 0 Å². The number of nitrogens with zero attached hydrogens (tertiary/aromatic N) is 1. The van der Waals surface area contributed by atoms with Gasteiger partial charge in [-0.05, 0) is 24.6 Å². The molecule has 1 amide bonds. The van der Waals surface area contributed by atoms with E-state index >= 15 is 0 Å². The first-order valence-corrected chi connectivity index (χ1v) is 7.99. The van der Waals surface area contributed by atoms with E-state index in [2.05, 4.69) is 10.3 Å². The molecule has 0 aliphatic carbocycles. The maximum Gasteiger partial charge on any atom is 0.329 e. The summed E-state index contributed by atoms with van der Waals surface area (Å²) in [4.78, 5) is 38.0. The van der Waals surface area contributed by atoms with Crippen LogP contribution in [0.25, 0.3) is 0 Å². The maximum absolute atomic E-state index is 13.2. The minimum absolute atomic E-state index is 0.0386. The smallest absolute Gasteiger partial charge is 0.329 e. The summed E-state index contributed by atoms with van der Waals surface area (Å²) in [6.45, 7) is 2.25. The lowest BCUT2D eigenvalue weighted by atomic mass is 10.2. The molecule has 0 radical (unpaired) electrons. The molecule has 25 heavy (non-hydrogen) atoms. The predicted molar refractivity (Wildman–Crippen MR) is 96.2 cm³/mol. The highest BCUT2D eigenvalue weighted by Gasteiger charge is 2.18. The molecule has 9 heteroatoms. The predicted octanol–water partition coefficient (Wildman–Crippen LogP) is 1.16. The van der Waals surface area contributed by atoms with Crippen LogP contribution in [0.2, 0.25) is 0 Å². The molecule has 0 fully saturated rings. The number of nitrogens with two attached hydrogens (primary N) is 1. The fraction of sp³-hybridized carbons (Fsp3) is 0.250. The third-order valence-electron chi connectivity index (χ3n) is 3.52. The van der Waals surface area contributed by atoms with Gasteiger partial charge in [0.1, 0.15) is 22.2 Å². The van der Waals surface area contributed by atoms with Crippen LogP contribution in [-0.4, -0.2) is 20.4 Å². The van der Waals surface area contributed by atoms with Crippen LogP contribution in [0.15, 0.2) is 33.9 Å². The van der Waals surface area contributed by atoms with Crippen LogP contribution in [0.4, 0.5) is 10.2 Å². The molecule has 4 N–H and O–H groups in total. The summed E-state index contributed by atoms with van der Waals surface area (Å²) in [7, 11) is 0. The Labute approximate surface area is 147 Å². The SMILES string of the molecule is CCCCn1c(N)c(C(=S)NC(=O)c2cccc(F)c2)c(=O)[nH]c1=O. The van der Waals surface area contributed by atoms with Crippen LogP contribution in [0, 0.1) is 5.82 Å². The van der Waals surface area contributed by atoms with E-state index in [4.69, 9.17) is 18.0 Å². The summed E-state index contributed by atoms with van der Waals surface area (Å²) in [5, 5.41) is 2.33. The maximum atomic E-state index is 13.2. The summed E-state index contributed by atoms with van der Waals surface area (Å²) in [5.41, 5.74) is 4.35. The van der Waals surface area contributed by atoms with Gasteiger partial charge in [0.05, 0.1) is 0 Å². The Morgan fingerprint density at radius 2 is 2.12 bits per heavy atom. The highest BCUT2D eigenvalue weighted by atomic mass is 32.1. The molecule has 0 spiro atoms. The number of benzene rings is 1. The molecule has 0 saturated heterocycles. The Hall–Kier alpha value is -2.81. The van der Waals surface area contributed by atoms with Crippen LogP contribution in [-0.2, 0) is 6.54 Å². The number of aromatic amines is 1. The Bertz CT molecular complexity index is 936. The first kappa shape index (κ1) is 18.5. The minimum atomic E-state index is -0.792. The molecular formula is C16H17FN4O3S. The second-order valence-electron chi connectivity index (χ2n) is 5.32. The Kier molecular flexibility index (Phi) is 5.81. The second-order valence-corrected chi connectivity index (χ2v) is 5.73. The molecule has 0 bridgehead atoms. The molecule has 2 rings (SSSR count). The molecule has 0 atom stereocenters. The third kappa shape index (κ3) is 4.18. The van der Waals surface area contributed by atoms with Crippen molar-refractivity contribution in [3.05, 3.63) is 62.0 Å². The number of carbonyl (C=O) groups excluding carboxylic acids is 1. The number of hydrogen-bond acceptors (Lipinski definition) is 5. The van der Waals surface area contributed by atoms with Crippen LogP contribution in [0.1, 0.15) is 35.7 Å². The number of thiocarbonyl (C=S) groups is 1. The normalized spacial score (nSPS) is 10.5. The van der Waals surface area contributed by atoms with Crippen molar-refractivity contribution in [1.82, 2.24) is 14.9 Å². The van der Waals surface area contributed by atoms with E-state index in [0.29, 0.717) is 13.0 Å². The highest BCUT2D eigenvalue weighted by molar-refractivity contribution is 7.80. The van der Waals surface area contributed by atoms with Gasteiger partial charge in [-0.2, -0.15) is 0 Å². The van der Waals surface area contributed by atoms with Gasteiger partial charge in [-0.1, -0.05) is 31.6 Å². The molecule has 0 saturated carbocycles. The molecule has 132 valence electrons. The van der Waals surface area contributed by atoms with Gasteiger partial charge in [-0.25, -0.2) is 9.18 Å². The van der Waals surface area contributed by atoms with Gasteiger partial charge < -0.3 is 11.1 Å². The number of hydrogen-bond donors (Lipinski definition) is 3. The second kappa shape index (κ2) is 7.84. The first-order valence-electron chi connectivity index (χ1n) is 7.59. The van der Waals surface area contributed by atoms with Crippen LogP contribution < -0.4 is 22.3 Å². The van der Waals surface area contributed by atoms with E-state index in [1.807, 2.05) is 6.92 Å². The molecule has 2 aromatic rings. The zero-order chi connectivity index (χ0) is 18.6. The largest absolute Gasteiger partial charge is 0.384 e. The first-order chi connectivity index (χ1) is 11.8. The van der Waals surface area contributed by atoms with Crippen LogP contribution in [0.5, 0.6) is 0 Å². The number of halogens is 1. The van der Waals surface area contributed by atoms with Crippen molar-refractivity contribution in [2.45, 2.75) is 26.3 Å². The van der Waals surface area contributed by atoms with Crippen molar-refractivity contribution >= 4 is 28.9 Å². The molecule has 0 aliphatic rings. The lowest BCUT2D eigenvalue weighted by molar-refractivity contribution is 0.0977. The zero-order valence-electron chi connectivity index (χ0n) is 13.5. The number of amides is 1. The van der Waals surface area contributed by atoms with E-state index in [1.54, 1.807) is 0 Å².